The van der Waals surface area contributed by atoms with E-state index in [-0.39, 0.29) is 19.0 Å². The van der Waals surface area contributed by atoms with Gasteiger partial charge in [-0.2, -0.15) is 0 Å². The maximum atomic E-state index is 11.6. The maximum absolute atomic E-state index is 11.6. The smallest absolute Gasteiger partial charge is 0.315 e. The van der Waals surface area contributed by atoms with Gasteiger partial charge in [-0.15, -0.1) is 0 Å². The van der Waals surface area contributed by atoms with Gasteiger partial charge in [0, 0.05) is 20.2 Å². The largest absolute Gasteiger partial charge is 0.497 e. The highest BCUT2D eigenvalue weighted by Gasteiger charge is 2.13. The molecule has 116 valence electrons. The fourth-order valence-corrected chi connectivity index (χ4v) is 1.63. The van der Waals surface area contributed by atoms with E-state index in [4.69, 9.17) is 14.6 Å². The summed E-state index contributed by atoms with van der Waals surface area (Å²) in [5, 5.41) is 13.9. The predicted molar refractivity (Wildman–Crippen MR) is 76.3 cm³/mol. The number of urea groups is 1. The van der Waals surface area contributed by atoms with Crippen LogP contribution in [0.4, 0.5) is 4.79 Å². The number of hydrogen-bond acceptors (Lipinski definition) is 4. The van der Waals surface area contributed by atoms with Gasteiger partial charge in [-0.05, 0) is 17.7 Å². The van der Waals surface area contributed by atoms with Crippen molar-refractivity contribution in [1.29, 1.82) is 0 Å². The van der Waals surface area contributed by atoms with E-state index >= 15 is 0 Å². The third kappa shape index (κ3) is 6.62. The normalized spacial score (nSPS) is 11.5. The molecule has 0 aromatic heterocycles. The van der Waals surface area contributed by atoms with Gasteiger partial charge in [-0.1, -0.05) is 12.1 Å². The Kier molecular flexibility index (Phi) is 7.03. The van der Waals surface area contributed by atoms with Gasteiger partial charge >= 0.3 is 12.0 Å². The third-order valence-electron chi connectivity index (χ3n) is 2.84. The van der Waals surface area contributed by atoms with Gasteiger partial charge in [0.1, 0.15) is 5.75 Å². The van der Waals surface area contributed by atoms with Crippen LogP contribution in [0.15, 0.2) is 24.3 Å². The van der Waals surface area contributed by atoms with Crippen LogP contribution in [-0.4, -0.2) is 44.0 Å². The first-order valence-electron chi connectivity index (χ1n) is 6.44. The Balaban J connectivity index is 2.31. The molecule has 7 nitrogen and oxygen atoms in total. The van der Waals surface area contributed by atoms with Gasteiger partial charge in [0.15, 0.2) is 0 Å². The quantitative estimate of drug-likeness (QED) is 0.664. The van der Waals surface area contributed by atoms with Gasteiger partial charge in [0.05, 0.1) is 19.6 Å². The summed E-state index contributed by atoms with van der Waals surface area (Å²) < 4.78 is 10.0. The van der Waals surface area contributed by atoms with Crippen LogP contribution in [0.25, 0.3) is 0 Å². The number of methoxy groups -OCH3 is 2. The Labute approximate surface area is 123 Å². The van der Waals surface area contributed by atoms with Crippen LogP contribution >= 0.6 is 0 Å². The lowest BCUT2D eigenvalue weighted by molar-refractivity contribution is -0.139. The predicted octanol–water partition coefficient (Wildman–Crippen LogP) is 0.984. The average molecular weight is 296 g/mol. The van der Waals surface area contributed by atoms with Gasteiger partial charge < -0.3 is 25.2 Å². The molecule has 0 saturated carbocycles. The fraction of sp³-hybridized carbons (Fsp3) is 0.429. The number of rotatable bonds is 8. The minimum Gasteiger partial charge on any atom is -0.497 e. The minimum atomic E-state index is -0.970. The molecule has 0 aliphatic heterocycles. The molecule has 0 heterocycles. The molecule has 1 aromatic carbocycles. The van der Waals surface area contributed by atoms with Crippen molar-refractivity contribution in [3.05, 3.63) is 29.8 Å². The Morgan fingerprint density at radius 2 is 1.86 bits per heavy atom. The lowest BCUT2D eigenvalue weighted by Crippen LogP contribution is -2.40. The van der Waals surface area contributed by atoms with Crippen molar-refractivity contribution >= 4 is 12.0 Å². The highest BCUT2D eigenvalue weighted by Crippen LogP contribution is 2.10. The molecule has 0 radical (unpaired) electrons. The zero-order valence-corrected chi connectivity index (χ0v) is 12.1. The SMILES string of the molecule is COc1ccc(CNC(=O)NCC(CC(=O)O)OC)cc1. The second-order valence-electron chi connectivity index (χ2n) is 4.37. The number of carboxylic acids is 1. The summed E-state index contributed by atoms with van der Waals surface area (Å²) >= 11 is 0. The number of amides is 2. The first kappa shape index (κ1) is 16.8. The number of carboxylic acid groups (broad SMARTS) is 1. The van der Waals surface area contributed by atoms with Crippen molar-refractivity contribution in [2.75, 3.05) is 20.8 Å². The molecule has 1 unspecified atom stereocenters. The average Bonchev–Trinajstić information content (AvgIpc) is 2.49. The molecule has 3 N–H and O–H groups in total. The van der Waals surface area contributed by atoms with E-state index in [2.05, 4.69) is 10.6 Å². The highest BCUT2D eigenvalue weighted by molar-refractivity contribution is 5.74. The van der Waals surface area contributed by atoms with Crippen LogP contribution in [0, 0.1) is 0 Å². The summed E-state index contributed by atoms with van der Waals surface area (Å²) in [6, 6.07) is 6.94. The van der Waals surface area contributed by atoms with Crippen LogP contribution in [0.2, 0.25) is 0 Å². The van der Waals surface area contributed by atoms with E-state index in [9.17, 15) is 9.59 Å². The van der Waals surface area contributed by atoms with Crippen LogP contribution < -0.4 is 15.4 Å². The molecule has 0 fully saturated rings. The van der Waals surface area contributed by atoms with Crippen molar-refractivity contribution in [2.45, 2.75) is 19.1 Å². The Morgan fingerprint density at radius 1 is 1.19 bits per heavy atom. The van der Waals surface area contributed by atoms with Gasteiger partial charge in [0.2, 0.25) is 0 Å². The van der Waals surface area contributed by atoms with E-state index in [1.54, 1.807) is 7.11 Å². The zero-order chi connectivity index (χ0) is 15.7. The summed E-state index contributed by atoms with van der Waals surface area (Å²) in [7, 11) is 2.99. The number of carbonyl (C=O) groups excluding carboxylic acids is 1. The number of carbonyl (C=O) groups is 2. The molecule has 2 amide bonds. The second-order valence-corrected chi connectivity index (χ2v) is 4.37. The van der Waals surface area contributed by atoms with Gasteiger partial charge in [-0.25, -0.2) is 4.79 Å². The summed E-state index contributed by atoms with van der Waals surface area (Å²) in [6.07, 6.45) is -0.704. The number of hydrogen-bond donors (Lipinski definition) is 3. The summed E-state index contributed by atoms with van der Waals surface area (Å²) in [6.45, 7) is 0.504. The lowest BCUT2D eigenvalue weighted by atomic mass is 10.2. The van der Waals surface area contributed by atoms with Crippen LogP contribution in [0.3, 0.4) is 0 Å². The molecule has 1 aromatic rings. The van der Waals surface area contributed by atoms with E-state index in [0.717, 1.165) is 11.3 Å². The Hall–Kier alpha value is -2.28. The van der Waals surface area contributed by atoms with Gasteiger partial charge in [0.25, 0.3) is 0 Å². The topological polar surface area (TPSA) is 96.9 Å². The summed E-state index contributed by atoms with van der Waals surface area (Å²) in [5.74, 6) is -0.220. The van der Waals surface area contributed by atoms with Crippen molar-refractivity contribution in [3.8, 4) is 5.75 Å². The van der Waals surface area contributed by atoms with Crippen molar-refractivity contribution in [2.24, 2.45) is 0 Å². The van der Waals surface area contributed by atoms with E-state index in [1.807, 2.05) is 24.3 Å². The van der Waals surface area contributed by atoms with Crippen LogP contribution in [0.1, 0.15) is 12.0 Å². The van der Waals surface area contributed by atoms with Gasteiger partial charge in [-0.3, -0.25) is 4.79 Å². The lowest BCUT2D eigenvalue weighted by Gasteiger charge is -2.14. The molecule has 0 saturated heterocycles. The summed E-state index contributed by atoms with van der Waals surface area (Å²) in [4.78, 5) is 22.2. The molecular weight excluding hydrogens is 276 g/mol. The number of nitrogens with one attached hydrogen (secondary N) is 2. The van der Waals surface area contributed by atoms with Crippen molar-refractivity contribution in [1.82, 2.24) is 10.6 Å². The molecule has 0 bridgehead atoms. The Morgan fingerprint density at radius 3 is 2.38 bits per heavy atom. The molecule has 1 atom stereocenters. The fourth-order valence-electron chi connectivity index (χ4n) is 1.63. The highest BCUT2D eigenvalue weighted by atomic mass is 16.5. The molecule has 1 rings (SSSR count). The van der Waals surface area contributed by atoms with E-state index in [1.165, 1.54) is 7.11 Å². The zero-order valence-electron chi connectivity index (χ0n) is 12.1. The third-order valence-corrected chi connectivity index (χ3v) is 2.84. The Bertz CT molecular complexity index is 461. The number of aliphatic carboxylic acids is 1. The second kappa shape index (κ2) is 8.80. The molecule has 21 heavy (non-hydrogen) atoms. The van der Waals surface area contributed by atoms with Crippen molar-refractivity contribution < 1.29 is 24.2 Å². The standard InChI is InChI=1S/C14H20N2O5/c1-20-11-5-3-10(4-6-11)8-15-14(19)16-9-12(21-2)7-13(17)18/h3-6,12H,7-9H2,1-2H3,(H,17,18)(H2,15,16,19). The molecular formula is C14H20N2O5. The summed E-state index contributed by atoms with van der Waals surface area (Å²) in [5.41, 5.74) is 0.930. The number of ether oxygens (including phenoxy) is 2. The van der Waals surface area contributed by atoms with Crippen LogP contribution in [0.5, 0.6) is 5.75 Å². The van der Waals surface area contributed by atoms with Crippen LogP contribution in [-0.2, 0) is 16.1 Å². The first-order chi connectivity index (χ1) is 10.0. The first-order valence-corrected chi connectivity index (χ1v) is 6.44. The monoisotopic (exact) mass is 296 g/mol. The molecule has 7 heteroatoms. The van der Waals surface area contributed by atoms with E-state index in [0.29, 0.717) is 6.54 Å². The van der Waals surface area contributed by atoms with E-state index < -0.39 is 12.1 Å². The molecule has 0 aliphatic carbocycles. The molecule has 0 aliphatic rings. The minimum absolute atomic E-state index is 0.136. The molecule has 0 spiro atoms. The van der Waals surface area contributed by atoms with Crippen molar-refractivity contribution in [3.63, 3.8) is 0 Å². The number of benzene rings is 1. The maximum Gasteiger partial charge on any atom is 0.315 e.